The molecule has 1 aromatic carbocycles. The van der Waals surface area contributed by atoms with Crippen LogP contribution in [0.3, 0.4) is 0 Å². The van der Waals surface area contributed by atoms with Crippen molar-refractivity contribution in [3.05, 3.63) is 29.8 Å². The maximum Gasteiger partial charge on any atom is 0.119 e. The zero-order valence-electron chi connectivity index (χ0n) is 11.3. The van der Waals surface area contributed by atoms with Gasteiger partial charge in [-0.1, -0.05) is 12.1 Å². The maximum absolute atomic E-state index is 5.31. The summed E-state index contributed by atoms with van der Waals surface area (Å²) < 4.78 is 10.6. The molecule has 0 amide bonds. The smallest absolute Gasteiger partial charge is 0.119 e. The first-order valence-corrected chi connectivity index (χ1v) is 6.67. The summed E-state index contributed by atoms with van der Waals surface area (Å²) in [6.45, 7) is 1.84. The van der Waals surface area contributed by atoms with Gasteiger partial charge in [-0.25, -0.2) is 0 Å². The maximum atomic E-state index is 5.31. The molecule has 1 saturated carbocycles. The molecule has 0 aliphatic heterocycles. The van der Waals surface area contributed by atoms with Gasteiger partial charge in [0.2, 0.25) is 0 Å². The van der Waals surface area contributed by atoms with Gasteiger partial charge in [-0.05, 0) is 42.9 Å². The van der Waals surface area contributed by atoms with Crippen molar-refractivity contribution in [3.8, 4) is 5.75 Å². The van der Waals surface area contributed by atoms with Crippen LogP contribution in [0.1, 0.15) is 18.4 Å². The second-order valence-corrected chi connectivity index (χ2v) is 5.06. The normalized spacial score (nSPS) is 16.6. The lowest BCUT2D eigenvalue weighted by atomic mass is 9.99. The molecule has 0 saturated heterocycles. The van der Waals surface area contributed by atoms with Crippen LogP contribution in [0.2, 0.25) is 0 Å². The standard InChI is InChI=1S/C15H23NO2/c1-17-11-13(10-16-14-6-7-14)8-12-4-3-5-15(9-12)18-2/h3-5,9,13-14,16H,6-8,10-11H2,1-2H3. The number of rotatable bonds is 8. The predicted octanol–water partition coefficient (Wildman–Crippen LogP) is 2.25. The first-order valence-electron chi connectivity index (χ1n) is 6.67. The Morgan fingerprint density at radius 1 is 1.33 bits per heavy atom. The molecule has 100 valence electrons. The van der Waals surface area contributed by atoms with Gasteiger partial charge in [0.1, 0.15) is 5.75 Å². The molecule has 1 aromatic rings. The first kappa shape index (κ1) is 13.4. The Morgan fingerprint density at radius 2 is 2.17 bits per heavy atom. The minimum absolute atomic E-state index is 0.530. The molecule has 3 heteroatoms. The van der Waals surface area contributed by atoms with Gasteiger partial charge in [-0.2, -0.15) is 0 Å². The Labute approximate surface area is 109 Å². The molecule has 1 unspecified atom stereocenters. The van der Waals surface area contributed by atoms with E-state index in [1.54, 1.807) is 14.2 Å². The number of hydrogen-bond acceptors (Lipinski definition) is 3. The molecule has 1 atom stereocenters. The monoisotopic (exact) mass is 249 g/mol. The third kappa shape index (κ3) is 4.31. The van der Waals surface area contributed by atoms with E-state index >= 15 is 0 Å². The van der Waals surface area contributed by atoms with E-state index in [-0.39, 0.29) is 0 Å². The highest BCUT2D eigenvalue weighted by Crippen LogP contribution is 2.20. The highest BCUT2D eigenvalue weighted by atomic mass is 16.5. The SMILES string of the molecule is COCC(CNC1CC1)Cc1cccc(OC)c1. The molecule has 0 spiro atoms. The van der Waals surface area contributed by atoms with Crippen LogP contribution in [0.5, 0.6) is 5.75 Å². The van der Waals surface area contributed by atoms with Gasteiger partial charge in [0.15, 0.2) is 0 Å². The van der Waals surface area contributed by atoms with Crippen LogP contribution in [-0.2, 0) is 11.2 Å². The van der Waals surface area contributed by atoms with E-state index in [0.717, 1.165) is 31.4 Å². The van der Waals surface area contributed by atoms with E-state index in [4.69, 9.17) is 9.47 Å². The molecule has 1 N–H and O–H groups in total. The number of hydrogen-bond donors (Lipinski definition) is 1. The van der Waals surface area contributed by atoms with E-state index < -0.39 is 0 Å². The van der Waals surface area contributed by atoms with Gasteiger partial charge in [0, 0.05) is 19.7 Å². The van der Waals surface area contributed by atoms with Gasteiger partial charge >= 0.3 is 0 Å². The lowest BCUT2D eigenvalue weighted by molar-refractivity contribution is 0.150. The summed E-state index contributed by atoms with van der Waals surface area (Å²) in [5.74, 6) is 1.46. The van der Waals surface area contributed by atoms with Crippen molar-refractivity contribution in [3.63, 3.8) is 0 Å². The van der Waals surface area contributed by atoms with Crippen LogP contribution >= 0.6 is 0 Å². The zero-order valence-corrected chi connectivity index (χ0v) is 11.3. The van der Waals surface area contributed by atoms with Crippen LogP contribution in [0.15, 0.2) is 24.3 Å². The van der Waals surface area contributed by atoms with Crippen molar-refractivity contribution in [1.82, 2.24) is 5.32 Å². The lowest BCUT2D eigenvalue weighted by Gasteiger charge is -2.17. The minimum Gasteiger partial charge on any atom is -0.497 e. The summed E-state index contributed by atoms with van der Waals surface area (Å²) in [6, 6.07) is 9.06. The number of ether oxygens (including phenoxy) is 2. The van der Waals surface area contributed by atoms with E-state index in [2.05, 4.69) is 17.4 Å². The van der Waals surface area contributed by atoms with Gasteiger partial charge in [-0.3, -0.25) is 0 Å². The molecule has 0 bridgehead atoms. The molecule has 2 rings (SSSR count). The van der Waals surface area contributed by atoms with Crippen molar-refractivity contribution in [2.75, 3.05) is 27.4 Å². The Balaban J connectivity index is 1.88. The van der Waals surface area contributed by atoms with Crippen LogP contribution in [0.25, 0.3) is 0 Å². The van der Waals surface area contributed by atoms with E-state index in [0.29, 0.717) is 5.92 Å². The molecule has 0 aromatic heterocycles. The third-order valence-corrected chi connectivity index (χ3v) is 3.33. The van der Waals surface area contributed by atoms with E-state index in [1.807, 2.05) is 12.1 Å². The van der Waals surface area contributed by atoms with E-state index in [1.165, 1.54) is 18.4 Å². The predicted molar refractivity (Wildman–Crippen MR) is 73.1 cm³/mol. The summed E-state index contributed by atoms with van der Waals surface area (Å²) in [5, 5.41) is 3.58. The Bertz CT molecular complexity index is 363. The number of nitrogens with one attached hydrogen (secondary N) is 1. The Hall–Kier alpha value is -1.06. The molecule has 1 aliphatic rings. The zero-order chi connectivity index (χ0) is 12.8. The van der Waals surface area contributed by atoms with Gasteiger partial charge in [0.05, 0.1) is 13.7 Å². The van der Waals surface area contributed by atoms with Crippen LogP contribution in [0.4, 0.5) is 0 Å². The average Bonchev–Trinajstić information content (AvgIpc) is 3.20. The largest absolute Gasteiger partial charge is 0.497 e. The molecular formula is C15H23NO2. The molecule has 0 radical (unpaired) electrons. The fourth-order valence-corrected chi connectivity index (χ4v) is 2.18. The average molecular weight is 249 g/mol. The minimum atomic E-state index is 0.530. The quantitative estimate of drug-likeness (QED) is 0.766. The fraction of sp³-hybridized carbons (Fsp3) is 0.600. The summed E-state index contributed by atoms with van der Waals surface area (Å²) in [5.41, 5.74) is 1.31. The molecule has 18 heavy (non-hydrogen) atoms. The number of benzene rings is 1. The van der Waals surface area contributed by atoms with Gasteiger partial charge in [0.25, 0.3) is 0 Å². The van der Waals surface area contributed by atoms with Crippen molar-refractivity contribution < 1.29 is 9.47 Å². The lowest BCUT2D eigenvalue weighted by Crippen LogP contribution is -2.28. The number of methoxy groups -OCH3 is 2. The summed E-state index contributed by atoms with van der Waals surface area (Å²) >= 11 is 0. The van der Waals surface area contributed by atoms with Crippen molar-refractivity contribution >= 4 is 0 Å². The Kier molecular flexibility index (Phi) is 5.02. The highest BCUT2D eigenvalue weighted by molar-refractivity contribution is 5.28. The second kappa shape index (κ2) is 6.76. The summed E-state index contributed by atoms with van der Waals surface area (Å²) in [4.78, 5) is 0. The van der Waals surface area contributed by atoms with Crippen LogP contribution in [0, 0.1) is 5.92 Å². The van der Waals surface area contributed by atoms with Gasteiger partial charge < -0.3 is 14.8 Å². The highest BCUT2D eigenvalue weighted by Gasteiger charge is 2.22. The molecular weight excluding hydrogens is 226 g/mol. The molecule has 3 nitrogen and oxygen atoms in total. The van der Waals surface area contributed by atoms with Crippen molar-refractivity contribution in [1.29, 1.82) is 0 Å². The van der Waals surface area contributed by atoms with Crippen molar-refractivity contribution in [2.24, 2.45) is 5.92 Å². The van der Waals surface area contributed by atoms with Crippen molar-refractivity contribution in [2.45, 2.75) is 25.3 Å². The summed E-state index contributed by atoms with van der Waals surface area (Å²) in [6.07, 6.45) is 3.70. The van der Waals surface area contributed by atoms with Gasteiger partial charge in [-0.15, -0.1) is 0 Å². The summed E-state index contributed by atoms with van der Waals surface area (Å²) in [7, 11) is 3.48. The van der Waals surface area contributed by atoms with Crippen LogP contribution in [-0.4, -0.2) is 33.4 Å². The van der Waals surface area contributed by atoms with E-state index in [9.17, 15) is 0 Å². The third-order valence-electron chi connectivity index (χ3n) is 3.33. The molecule has 1 fully saturated rings. The second-order valence-electron chi connectivity index (χ2n) is 5.06. The first-order chi connectivity index (χ1) is 8.81. The van der Waals surface area contributed by atoms with Crippen LogP contribution < -0.4 is 10.1 Å². The fourth-order valence-electron chi connectivity index (χ4n) is 2.18. The molecule has 1 aliphatic carbocycles. The Morgan fingerprint density at radius 3 is 2.83 bits per heavy atom. The topological polar surface area (TPSA) is 30.5 Å². The molecule has 0 heterocycles.